The first-order valence-corrected chi connectivity index (χ1v) is 8.46. The van der Waals surface area contributed by atoms with Gasteiger partial charge in [-0.15, -0.1) is 7.92 Å². The van der Waals surface area contributed by atoms with Crippen molar-refractivity contribution in [2.24, 2.45) is 22.7 Å². The Morgan fingerprint density at radius 2 is 2.07 bits per heavy atom. The zero-order chi connectivity index (χ0) is 11.3. The van der Waals surface area contributed by atoms with E-state index in [9.17, 15) is 4.79 Å². The van der Waals surface area contributed by atoms with Crippen molar-refractivity contribution in [1.29, 1.82) is 0 Å². The molecule has 0 amide bonds. The maximum Gasteiger partial charge on any atom is 0.123 e. The molecule has 2 fully saturated rings. The topological polar surface area (TPSA) is 17.1 Å². The van der Waals surface area contributed by atoms with Crippen LogP contribution in [0.15, 0.2) is 0 Å². The van der Waals surface area contributed by atoms with E-state index in [0.717, 1.165) is 5.92 Å². The van der Waals surface area contributed by atoms with E-state index in [4.69, 9.17) is 0 Å². The van der Waals surface area contributed by atoms with Crippen LogP contribution < -0.4 is 0 Å². The number of hydrogen-bond donors (Lipinski definition) is 0. The molecule has 3 atom stereocenters. The number of fused-ring (bicyclic) bond motifs is 2. The molecule has 86 valence electrons. The van der Waals surface area contributed by atoms with E-state index < -0.39 is 0 Å². The minimum atomic E-state index is 0.111. The van der Waals surface area contributed by atoms with Crippen LogP contribution in [0.4, 0.5) is 0 Å². The molecule has 0 saturated heterocycles. The average molecular weight is 226 g/mol. The van der Waals surface area contributed by atoms with Gasteiger partial charge in [0.1, 0.15) is 6.29 Å². The molecule has 2 aliphatic rings. The molecule has 0 aromatic carbocycles. The van der Waals surface area contributed by atoms with Gasteiger partial charge in [0.05, 0.1) is 0 Å². The number of aldehydes is 1. The molecule has 0 aliphatic heterocycles. The lowest BCUT2D eigenvalue weighted by Gasteiger charge is -2.42. The number of hydrogen-bond acceptors (Lipinski definition) is 1. The highest BCUT2D eigenvalue weighted by atomic mass is 31.1. The zero-order valence-electron chi connectivity index (χ0n) is 10.4. The van der Waals surface area contributed by atoms with Gasteiger partial charge in [0.25, 0.3) is 0 Å². The van der Waals surface area contributed by atoms with E-state index >= 15 is 0 Å². The van der Waals surface area contributed by atoms with Crippen molar-refractivity contribution in [3.63, 3.8) is 0 Å². The smallest absolute Gasteiger partial charge is 0.123 e. The van der Waals surface area contributed by atoms with Gasteiger partial charge < -0.3 is 4.79 Å². The Bertz CT molecular complexity index is 272. The largest absolute Gasteiger partial charge is 0.303 e. The fraction of sp³-hybridized carbons (Fsp3) is 0.923. The Morgan fingerprint density at radius 1 is 1.40 bits per heavy atom. The summed E-state index contributed by atoms with van der Waals surface area (Å²) in [4.78, 5) is 11.3. The van der Waals surface area contributed by atoms with Crippen molar-refractivity contribution in [1.82, 2.24) is 0 Å². The van der Waals surface area contributed by atoms with Gasteiger partial charge in [-0.25, -0.2) is 0 Å². The summed E-state index contributed by atoms with van der Waals surface area (Å²) in [6, 6.07) is 0. The van der Waals surface area contributed by atoms with Crippen LogP contribution in [-0.4, -0.2) is 25.8 Å². The van der Waals surface area contributed by atoms with Crippen LogP contribution in [0.3, 0.4) is 0 Å². The second-order valence-corrected chi connectivity index (χ2v) is 8.81. The summed E-state index contributed by atoms with van der Waals surface area (Å²) in [5.41, 5.74) is 0.764. The van der Waals surface area contributed by atoms with Crippen LogP contribution in [0.1, 0.15) is 33.1 Å². The van der Waals surface area contributed by atoms with Gasteiger partial charge in [-0.3, -0.25) is 0 Å². The third kappa shape index (κ3) is 1.42. The lowest BCUT2D eigenvalue weighted by atomic mass is 9.67. The normalized spacial score (nSPS) is 42.5. The predicted octanol–water partition coefficient (Wildman–Crippen LogP) is 3.37. The molecule has 1 nitrogen and oxygen atoms in total. The van der Waals surface area contributed by atoms with Crippen molar-refractivity contribution < 1.29 is 4.79 Å². The molecule has 3 unspecified atom stereocenters. The predicted molar refractivity (Wildman–Crippen MR) is 66.7 cm³/mol. The summed E-state index contributed by atoms with van der Waals surface area (Å²) in [5.74, 6) is 1.17. The lowest BCUT2D eigenvalue weighted by molar-refractivity contribution is -0.115. The number of carbonyl (C=O) groups is 1. The van der Waals surface area contributed by atoms with Gasteiger partial charge in [0.2, 0.25) is 0 Å². The molecular weight excluding hydrogens is 203 g/mol. The minimum absolute atomic E-state index is 0.111. The Morgan fingerprint density at radius 3 is 2.53 bits per heavy atom. The summed E-state index contributed by atoms with van der Waals surface area (Å²) in [7, 11) is 0.111. The second-order valence-electron chi connectivity index (χ2n) is 6.33. The SMILES string of the molecule is CP(C)CC12CCC(CC1C=O)C2(C)C. The first-order valence-electron chi connectivity index (χ1n) is 6.04. The standard InChI is InChI=1S/C13H23OP/c1-12(2)10-5-6-13(12,9-15(3)4)11(7-10)8-14/h8,10-11H,5-7,9H2,1-4H3. The highest BCUT2D eigenvalue weighted by molar-refractivity contribution is 7.56. The van der Waals surface area contributed by atoms with E-state index in [1.54, 1.807) is 0 Å². The van der Waals surface area contributed by atoms with Crippen molar-refractivity contribution in [2.45, 2.75) is 33.1 Å². The molecule has 15 heavy (non-hydrogen) atoms. The van der Waals surface area contributed by atoms with Crippen molar-refractivity contribution >= 4 is 14.2 Å². The van der Waals surface area contributed by atoms with Crippen molar-refractivity contribution in [2.75, 3.05) is 19.5 Å². The maximum atomic E-state index is 11.3. The van der Waals surface area contributed by atoms with E-state index in [-0.39, 0.29) is 7.92 Å². The molecule has 0 aromatic heterocycles. The Balaban J connectivity index is 2.34. The number of rotatable bonds is 3. The van der Waals surface area contributed by atoms with Crippen LogP contribution in [0.2, 0.25) is 0 Å². The summed E-state index contributed by atoms with van der Waals surface area (Å²) in [6.45, 7) is 9.53. The van der Waals surface area contributed by atoms with Crippen LogP contribution >= 0.6 is 7.92 Å². The Kier molecular flexibility index (Phi) is 2.74. The highest BCUT2D eigenvalue weighted by Crippen LogP contribution is 2.69. The van der Waals surface area contributed by atoms with E-state index in [1.807, 2.05) is 0 Å². The second kappa shape index (κ2) is 3.55. The summed E-state index contributed by atoms with van der Waals surface area (Å²) >= 11 is 0. The third-order valence-electron chi connectivity index (χ3n) is 5.25. The molecule has 0 radical (unpaired) electrons. The van der Waals surface area contributed by atoms with E-state index in [1.165, 1.54) is 31.7 Å². The van der Waals surface area contributed by atoms with Crippen molar-refractivity contribution in [3.8, 4) is 0 Å². The highest BCUT2D eigenvalue weighted by Gasteiger charge is 2.63. The first-order chi connectivity index (χ1) is 6.94. The molecule has 2 aliphatic carbocycles. The molecule has 0 N–H and O–H groups in total. The summed E-state index contributed by atoms with van der Waals surface area (Å²) in [5, 5.41) is 0. The summed E-state index contributed by atoms with van der Waals surface area (Å²) in [6.07, 6.45) is 6.39. The molecule has 2 rings (SSSR count). The Labute approximate surface area is 94.8 Å². The first kappa shape index (κ1) is 11.6. The fourth-order valence-electron chi connectivity index (χ4n) is 4.28. The summed E-state index contributed by atoms with van der Waals surface area (Å²) < 4.78 is 0. The average Bonchev–Trinajstić information content (AvgIpc) is 2.49. The molecule has 0 aromatic rings. The van der Waals surface area contributed by atoms with E-state index in [0.29, 0.717) is 16.7 Å². The van der Waals surface area contributed by atoms with Crippen LogP contribution in [-0.2, 0) is 4.79 Å². The van der Waals surface area contributed by atoms with Gasteiger partial charge in [-0.05, 0) is 55.5 Å². The van der Waals surface area contributed by atoms with Gasteiger partial charge in [0.15, 0.2) is 0 Å². The quantitative estimate of drug-likeness (QED) is 0.532. The van der Waals surface area contributed by atoms with Crippen molar-refractivity contribution in [3.05, 3.63) is 0 Å². The van der Waals surface area contributed by atoms with Crippen LogP contribution in [0.25, 0.3) is 0 Å². The number of carbonyl (C=O) groups excluding carboxylic acids is 1. The molecule has 2 saturated carbocycles. The van der Waals surface area contributed by atoms with Gasteiger partial charge >= 0.3 is 0 Å². The van der Waals surface area contributed by atoms with E-state index in [2.05, 4.69) is 27.2 Å². The molecule has 0 spiro atoms. The van der Waals surface area contributed by atoms with Gasteiger partial charge in [-0.1, -0.05) is 13.8 Å². The zero-order valence-corrected chi connectivity index (χ0v) is 11.3. The monoisotopic (exact) mass is 226 g/mol. The van der Waals surface area contributed by atoms with Gasteiger partial charge in [0, 0.05) is 5.92 Å². The molecule has 0 heterocycles. The molecule has 2 heteroatoms. The van der Waals surface area contributed by atoms with Crippen LogP contribution in [0.5, 0.6) is 0 Å². The minimum Gasteiger partial charge on any atom is -0.303 e. The molecule has 2 bridgehead atoms. The Hall–Kier alpha value is 0.100. The lowest BCUT2D eigenvalue weighted by Crippen LogP contribution is -2.39. The molecular formula is C13H23OP. The maximum absolute atomic E-state index is 11.3. The fourth-order valence-corrected chi connectivity index (χ4v) is 6.21. The third-order valence-corrected chi connectivity index (χ3v) is 6.45. The van der Waals surface area contributed by atoms with Crippen LogP contribution in [0, 0.1) is 22.7 Å². The van der Waals surface area contributed by atoms with Gasteiger partial charge in [-0.2, -0.15) is 0 Å².